The van der Waals surface area contributed by atoms with E-state index in [1.54, 1.807) is 6.07 Å². The van der Waals surface area contributed by atoms with Crippen LogP contribution < -0.4 is 10.6 Å². The highest BCUT2D eigenvalue weighted by Gasteiger charge is 2.48. The molecule has 120 valence electrons. The van der Waals surface area contributed by atoms with Crippen LogP contribution in [0.4, 0.5) is 23.2 Å². The van der Waals surface area contributed by atoms with Gasteiger partial charge in [-0.3, -0.25) is 4.79 Å². The Labute approximate surface area is 129 Å². The summed E-state index contributed by atoms with van der Waals surface area (Å²) in [5.74, 6) is -1.10. The molecule has 23 heavy (non-hydrogen) atoms. The van der Waals surface area contributed by atoms with Crippen LogP contribution in [0.1, 0.15) is 17.2 Å². The van der Waals surface area contributed by atoms with Crippen molar-refractivity contribution in [2.75, 3.05) is 4.90 Å². The molecule has 2 aromatic rings. The second kappa shape index (κ2) is 5.34. The van der Waals surface area contributed by atoms with Crippen LogP contribution in [0.3, 0.4) is 0 Å². The number of nitrogens with two attached hydrogens (primary N) is 1. The number of hydrogen-bond donors (Lipinski definition) is 1. The first kappa shape index (κ1) is 15.5. The van der Waals surface area contributed by atoms with Crippen LogP contribution >= 0.6 is 0 Å². The number of nitrogens with zero attached hydrogens (tertiary/aromatic N) is 1. The van der Waals surface area contributed by atoms with Gasteiger partial charge >= 0.3 is 6.18 Å². The fourth-order valence-electron chi connectivity index (χ4n) is 2.68. The quantitative estimate of drug-likeness (QED) is 0.681. The molecule has 0 aliphatic carbocycles. The van der Waals surface area contributed by atoms with Crippen molar-refractivity contribution in [2.45, 2.75) is 18.3 Å². The highest BCUT2D eigenvalue weighted by molar-refractivity contribution is 6.05. The van der Waals surface area contributed by atoms with E-state index in [-0.39, 0.29) is 11.3 Å². The van der Waals surface area contributed by atoms with E-state index in [2.05, 4.69) is 0 Å². The van der Waals surface area contributed by atoms with E-state index in [1.165, 1.54) is 30.3 Å². The van der Waals surface area contributed by atoms with E-state index < -0.39 is 35.5 Å². The Kier molecular flexibility index (Phi) is 3.60. The molecule has 2 aromatic carbocycles. The summed E-state index contributed by atoms with van der Waals surface area (Å²) in [7, 11) is 0. The summed E-state index contributed by atoms with van der Waals surface area (Å²) in [6.45, 7) is 0. The van der Waals surface area contributed by atoms with E-state index >= 15 is 0 Å². The predicted octanol–water partition coefficient (Wildman–Crippen LogP) is 3.26. The van der Waals surface area contributed by atoms with E-state index in [0.29, 0.717) is 0 Å². The lowest BCUT2D eigenvalue weighted by atomic mass is 9.88. The van der Waals surface area contributed by atoms with Crippen molar-refractivity contribution in [1.82, 2.24) is 0 Å². The number of amides is 1. The predicted molar refractivity (Wildman–Crippen MR) is 76.0 cm³/mol. The van der Waals surface area contributed by atoms with Gasteiger partial charge in [0.05, 0.1) is 11.6 Å². The molecule has 0 saturated carbocycles. The van der Waals surface area contributed by atoms with Crippen molar-refractivity contribution in [2.24, 2.45) is 5.73 Å². The number of anilines is 1. The number of carbonyl (C=O) groups is 1. The molecule has 3 rings (SSSR count). The Morgan fingerprint density at radius 1 is 1.04 bits per heavy atom. The molecule has 1 aliphatic rings. The fraction of sp³-hybridized carbons (Fsp3) is 0.188. The standard InChI is InChI=1S/C16H12F4N2O/c17-12-7-2-1-6-11(12)14-13(21)15(23)22(14)10-5-3-4-9(8-10)16(18,19)20/h1-8,13-14H,21H2/t13-,14-/m1/s1. The highest BCUT2D eigenvalue weighted by Crippen LogP contribution is 2.40. The average molecular weight is 324 g/mol. The van der Waals surface area contributed by atoms with Crippen molar-refractivity contribution < 1.29 is 22.4 Å². The van der Waals surface area contributed by atoms with Crippen LogP contribution in [0.15, 0.2) is 48.5 Å². The van der Waals surface area contributed by atoms with Gasteiger partial charge in [0.2, 0.25) is 5.91 Å². The monoisotopic (exact) mass is 324 g/mol. The summed E-state index contributed by atoms with van der Waals surface area (Å²) in [6, 6.07) is 8.28. The molecule has 0 unspecified atom stereocenters. The van der Waals surface area contributed by atoms with Crippen LogP contribution in [0.25, 0.3) is 0 Å². The first-order valence-corrected chi connectivity index (χ1v) is 6.81. The van der Waals surface area contributed by atoms with E-state index in [4.69, 9.17) is 5.73 Å². The van der Waals surface area contributed by atoms with E-state index in [1.807, 2.05) is 0 Å². The van der Waals surface area contributed by atoms with Crippen LogP contribution in [-0.2, 0) is 11.0 Å². The maximum Gasteiger partial charge on any atom is 0.416 e. The smallest absolute Gasteiger partial charge is 0.318 e. The Morgan fingerprint density at radius 2 is 1.74 bits per heavy atom. The van der Waals surface area contributed by atoms with Crippen molar-refractivity contribution in [3.05, 3.63) is 65.5 Å². The first-order chi connectivity index (χ1) is 10.8. The van der Waals surface area contributed by atoms with Gasteiger partial charge in [-0.1, -0.05) is 24.3 Å². The number of alkyl halides is 3. The molecule has 0 radical (unpaired) electrons. The lowest BCUT2D eigenvalue weighted by molar-refractivity contribution is -0.137. The third-order valence-corrected chi connectivity index (χ3v) is 3.82. The van der Waals surface area contributed by atoms with Gasteiger partial charge in [0.25, 0.3) is 0 Å². The Bertz CT molecular complexity index is 760. The minimum Gasteiger partial charge on any atom is -0.318 e. The van der Waals surface area contributed by atoms with Crippen LogP contribution in [0.2, 0.25) is 0 Å². The molecule has 1 aliphatic heterocycles. The van der Waals surface area contributed by atoms with E-state index in [0.717, 1.165) is 17.0 Å². The minimum absolute atomic E-state index is 0.0415. The summed E-state index contributed by atoms with van der Waals surface area (Å²) in [5.41, 5.74) is 5.08. The SMILES string of the molecule is N[C@H]1C(=O)N(c2cccc(C(F)(F)F)c2)[C@@H]1c1ccccc1F. The molecular weight excluding hydrogens is 312 g/mol. The van der Waals surface area contributed by atoms with Gasteiger partial charge in [0.15, 0.2) is 0 Å². The summed E-state index contributed by atoms with van der Waals surface area (Å²) < 4.78 is 52.4. The molecule has 0 aromatic heterocycles. The number of β-lactam (4-membered cyclic amide) rings is 1. The maximum absolute atomic E-state index is 13.9. The molecule has 2 N–H and O–H groups in total. The second-order valence-electron chi connectivity index (χ2n) is 5.25. The molecule has 0 spiro atoms. The van der Waals surface area contributed by atoms with Gasteiger partial charge in [-0.25, -0.2) is 4.39 Å². The van der Waals surface area contributed by atoms with Gasteiger partial charge in [0.1, 0.15) is 11.9 Å². The minimum atomic E-state index is -4.53. The largest absolute Gasteiger partial charge is 0.416 e. The number of carbonyl (C=O) groups excluding carboxylic acids is 1. The molecule has 1 saturated heterocycles. The zero-order valence-electron chi connectivity index (χ0n) is 11.7. The molecule has 2 atom stereocenters. The zero-order chi connectivity index (χ0) is 16.8. The molecule has 1 fully saturated rings. The summed E-state index contributed by atoms with van der Waals surface area (Å²) in [5, 5.41) is 0. The number of rotatable bonds is 2. The fourth-order valence-corrected chi connectivity index (χ4v) is 2.68. The van der Waals surface area contributed by atoms with Crippen LogP contribution in [0, 0.1) is 5.82 Å². The Morgan fingerprint density at radius 3 is 2.39 bits per heavy atom. The van der Waals surface area contributed by atoms with Gasteiger partial charge in [0, 0.05) is 11.3 Å². The summed E-state index contributed by atoms with van der Waals surface area (Å²) in [6.07, 6.45) is -4.53. The van der Waals surface area contributed by atoms with Crippen molar-refractivity contribution in [3.63, 3.8) is 0 Å². The zero-order valence-corrected chi connectivity index (χ0v) is 11.7. The van der Waals surface area contributed by atoms with Crippen molar-refractivity contribution in [1.29, 1.82) is 0 Å². The Balaban J connectivity index is 2.02. The molecule has 1 heterocycles. The van der Waals surface area contributed by atoms with Crippen molar-refractivity contribution >= 4 is 11.6 Å². The van der Waals surface area contributed by atoms with Gasteiger partial charge in [-0.2, -0.15) is 13.2 Å². The lowest BCUT2D eigenvalue weighted by Gasteiger charge is -2.45. The molecule has 1 amide bonds. The summed E-state index contributed by atoms with van der Waals surface area (Å²) >= 11 is 0. The van der Waals surface area contributed by atoms with Crippen LogP contribution in [0.5, 0.6) is 0 Å². The topological polar surface area (TPSA) is 46.3 Å². The summed E-state index contributed by atoms with van der Waals surface area (Å²) in [4.78, 5) is 13.1. The van der Waals surface area contributed by atoms with Gasteiger partial charge in [-0.15, -0.1) is 0 Å². The lowest BCUT2D eigenvalue weighted by Crippen LogP contribution is -2.63. The second-order valence-corrected chi connectivity index (χ2v) is 5.25. The van der Waals surface area contributed by atoms with Gasteiger partial charge < -0.3 is 10.6 Å². The average Bonchev–Trinajstić information content (AvgIpc) is 2.52. The molecule has 0 bridgehead atoms. The van der Waals surface area contributed by atoms with Crippen molar-refractivity contribution in [3.8, 4) is 0 Å². The third-order valence-electron chi connectivity index (χ3n) is 3.82. The molecular formula is C16H12F4N2O. The third kappa shape index (κ3) is 2.57. The number of hydrogen-bond acceptors (Lipinski definition) is 2. The molecule has 3 nitrogen and oxygen atoms in total. The first-order valence-electron chi connectivity index (χ1n) is 6.81. The van der Waals surface area contributed by atoms with Gasteiger partial charge in [-0.05, 0) is 24.3 Å². The number of halogens is 4. The maximum atomic E-state index is 13.9. The normalized spacial score (nSPS) is 21.3. The number of benzene rings is 2. The molecule has 7 heteroatoms. The van der Waals surface area contributed by atoms with Crippen LogP contribution in [-0.4, -0.2) is 11.9 Å². The Hall–Kier alpha value is -2.41. The van der Waals surface area contributed by atoms with E-state index in [9.17, 15) is 22.4 Å². The highest BCUT2D eigenvalue weighted by atomic mass is 19.4.